The van der Waals surface area contributed by atoms with E-state index in [2.05, 4.69) is 156 Å². The Morgan fingerprint density at radius 3 is 1.64 bits per heavy atom. The molecule has 0 spiro atoms. The summed E-state index contributed by atoms with van der Waals surface area (Å²) in [7, 11) is 0. The highest BCUT2D eigenvalue weighted by atomic mass is 16.3. The first-order valence-corrected chi connectivity index (χ1v) is 19.4. The van der Waals surface area contributed by atoms with Gasteiger partial charge in [-0.05, 0) is 65.4 Å². The molecule has 6 heteroatoms. The minimum atomic E-state index is 0.594. The quantitative estimate of drug-likeness (QED) is 0.176. The van der Waals surface area contributed by atoms with E-state index in [1.807, 2.05) is 36.4 Å². The van der Waals surface area contributed by atoms with Gasteiger partial charge in [-0.3, -0.25) is 0 Å². The summed E-state index contributed by atoms with van der Waals surface area (Å²) in [6.07, 6.45) is 0. The van der Waals surface area contributed by atoms with Crippen LogP contribution >= 0.6 is 0 Å². The molecule has 8 aromatic carbocycles. The zero-order valence-corrected chi connectivity index (χ0v) is 31.0. The Labute approximate surface area is 332 Å². The summed E-state index contributed by atoms with van der Waals surface area (Å²) in [5, 5.41) is 7.72. The SMILES string of the molecule is c1ccc2c(-c3nc(-c4ccc(-c5nc6ccccc6c6oc7ccccc7c56)cc4)nc(-c4ccc(-n5c6ccccc6c6ccccc65)cc4)n3)cccc2c1. The Balaban J connectivity index is 1.00. The van der Waals surface area contributed by atoms with Crippen LogP contribution in [-0.4, -0.2) is 24.5 Å². The van der Waals surface area contributed by atoms with Gasteiger partial charge in [-0.2, -0.15) is 0 Å². The third-order valence-electron chi connectivity index (χ3n) is 11.3. The van der Waals surface area contributed by atoms with E-state index in [9.17, 15) is 0 Å². The number of hydrogen-bond donors (Lipinski definition) is 0. The van der Waals surface area contributed by atoms with Gasteiger partial charge >= 0.3 is 0 Å². The second-order valence-corrected chi connectivity index (χ2v) is 14.6. The average molecular weight is 742 g/mol. The first kappa shape index (κ1) is 32.3. The summed E-state index contributed by atoms with van der Waals surface area (Å²) in [5.41, 5.74) is 10.6. The van der Waals surface area contributed by atoms with Crippen molar-refractivity contribution < 1.29 is 4.42 Å². The fourth-order valence-electron chi connectivity index (χ4n) is 8.53. The van der Waals surface area contributed by atoms with Crippen LogP contribution in [0.5, 0.6) is 0 Å². The van der Waals surface area contributed by atoms with Crippen LogP contribution in [0.3, 0.4) is 0 Å². The van der Waals surface area contributed by atoms with Gasteiger partial charge < -0.3 is 8.98 Å². The third kappa shape index (κ3) is 5.05. The van der Waals surface area contributed by atoms with E-state index in [1.165, 1.54) is 21.8 Å². The molecule has 0 saturated heterocycles. The molecular formula is C52H31N5O. The van der Waals surface area contributed by atoms with Gasteiger partial charge in [0, 0.05) is 49.5 Å². The van der Waals surface area contributed by atoms with Crippen molar-refractivity contribution in [3.63, 3.8) is 0 Å². The van der Waals surface area contributed by atoms with Crippen molar-refractivity contribution in [2.24, 2.45) is 0 Å². The number of nitrogens with zero attached hydrogens (tertiary/aromatic N) is 5. The molecule has 12 aromatic rings. The summed E-state index contributed by atoms with van der Waals surface area (Å²) in [4.78, 5) is 20.6. The van der Waals surface area contributed by atoms with Crippen molar-refractivity contribution in [1.82, 2.24) is 24.5 Å². The summed E-state index contributed by atoms with van der Waals surface area (Å²) >= 11 is 0. The van der Waals surface area contributed by atoms with Gasteiger partial charge in [0.05, 0.1) is 27.6 Å². The fraction of sp³-hybridized carbons (Fsp3) is 0. The number of aromatic nitrogens is 5. The van der Waals surface area contributed by atoms with Crippen LogP contribution in [0.4, 0.5) is 0 Å². The van der Waals surface area contributed by atoms with Crippen LogP contribution < -0.4 is 0 Å². The maximum Gasteiger partial charge on any atom is 0.164 e. The second kappa shape index (κ2) is 12.8. The molecule has 270 valence electrons. The summed E-state index contributed by atoms with van der Waals surface area (Å²) < 4.78 is 8.78. The Morgan fingerprint density at radius 2 is 0.914 bits per heavy atom. The van der Waals surface area contributed by atoms with Crippen LogP contribution in [0.1, 0.15) is 0 Å². The molecule has 6 nitrogen and oxygen atoms in total. The maximum atomic E-state index is 6.46. The molecule has 4 heterocycles. The van der Waals surface area contributed by atoms with E-state index >= 15 is 0 Å². The molecule has 58 heavy (non-hydrogen) atoms. The zero-order chi connectivity index (χ0) is 38.2. The number of hydrogen-bond acceptors (Lipinski definition) is 5. The summed E-state index contributed by atoms with van der Waals surface area (Å²) in [6.45, 7) is 0. The summed E-state index contributed by atoms with van der Waals surface area (Å²) in [5.74, 6) is 1.82. The third-order valence-corrected chi connectivity index (χ3v) is 11.3. The predicted octanol–water partition coefficient (Wildman–Crippen LogP) is 13.2. The zero-order valence-electron chi connectivity index (χ0n) is 31.0. The van der Waals surface area contributed by atoms with Gasteiger partial charge in [0.15, 0.2) is 17.5 Å². The number of pyridine rings is 1. The Bertz CT molecular complexity index is 3510. The second-order valence-electron chi connectivity index (χ2n) is 14.6. The lowest BCUT2D eigenvalue weighted by Crippen LogP contribution is -2.01. The van der Waals surface area contributed by atoms with Crippen LogP contribution in [0.2, 0.25) is 0 Å². The highest BCUT2D eigenvalue weighted by Gasteiger charge is 2.19. The molecule has 4 aromatic heterocycles. The lowest BCUT2D eigenvalue weighted by atomic mass is 10.0. The molecule has 0 unspecified atom stereocenters. The highest BCUT2D eigenvalue weighted by molar-refractivity contribution is 6.19. The van der Waals surface area contributed by atoms with E-state index in [-0.39, 0.29) is 0 Å². The van der Waals surface area contributed by atoms with Gasteiger partial charge in [0.1, 0.15) is 11.2 Å². The van der Waals surface area contributed by atoms with Crippen molar-refractivity contribution in [1.29, 1.82) is 0 Å². The van der Waals surface area contributed by atoms with Crippen LogP contribution in [0.15, 0.2) is 192 Å². The number of furan rings is 1. The van der Waals surface area contributed by atoms with Crippen molar-refractivity contribution in [3.05, 3.63) is 188 Å². The normalized spacial score (nSPS) is 11.8. The van der Waals surface area contributed by atoms with Crippen LogP contribution in [0, 0.1) is 0 Å². The molecule has 0 aliphatic rings. The minimum absolute atomic E-state index is 0.594. The monoisotopic (exact) mass is 741 g/mol. The topological polar surface area (TPSA) is 69.6 Å². The Kier molecular flexibility index (Phi) is 7.13. The molecule has 12 rings (SSSR count). The van der Waals surface area contributed by atoms with E-state index in [4.69, 9.17) is 24.4 Å². The van der Waals surface area contributed by atoms with Crippen molar-refractivity contribution in [2.45, 2.75) is 0 Å². The molecule has 0 N–H and O–H groups in total. The molecule has 0 radical (unpaired) electrons. The first-order chi connectivity index (χ1) is 28.7. The molecule has 0 aliphatic carbocycles. The van der Waals surface area contributed by atoms with Crippen LogP contribution in [0.25, 0.3) is 117 Å². The molecule has 0 saturated carbocycles. The molecule has 0 aliphatic heterocycles. The molecular weight excluding hydrogens is 711 g/mol. The van der Waals surface area contributed by atoms with Crippen LogP contribution in [-0.2, 0) is 0 Å². The van der Waals surface area contributed by atoms with E-state index < -0.39 is 0 Å². The van der Waals surface area contributed by atoms with Gasteiger partial charge in [-0.1, -0.05) is 133 Å². The largest absolute Gasteiger partial charge is 0.455 e. The van der Waals surface area contributed by atoms with Crippen molar-refractivity contribution in [3.8, 4) is 51.1 Å². The van der Waals surface area contributed by atoms with E-state index in [1.54, 1.807) is 0 Å². The lowest BCUT2D eigenvalue weighted by Gasteiger charge is -2.12. The van der Waals surface area contributed by atoms with Crippen molar-refractivity contribution >= 4 is 65.4 Å². The smallest absolute Gasteiger partial charge is 0.164 e. The maximum absolute atomic E-state index is 6.46. The number of fused-ring (bicyclic) bond motifs is 9. The predicted molar refractivity (Wildman–Crippen MR) is 236 cm³/mol. The fourth-order valence-corrected chi connectivity index (χ4v) is 8.53. The lowest BCUT2D eigenvalue weighted by molar-refractivity contribution is 0.672. The minimum Gasteiger partial charge on any atom is -0.455 e. The highest BCUT2D eigenvalue weighted by Crippen LogP contribution is 2.40. The van der Waals surface area contributed by atoms with Gasteiger partial charge in [-0.25, -0.2) is 19.9 Å². The average Bonchev–Trinajstić information content (AvgIpc) is 3.85. The van der Waals surface area contributed by atoms with Gasteiger partial charge in [0.2, 0.25) is 0 Å². The molecule has 0 amide bonds. The number of para-hydroxylation sites is 4. The Hall–Kier alpha value is -7.96. The van der Waals surface area contributed by atoms with Crippen molar-refractivity contribution in [2.75, 3.05) is 0 Å². The molecule has 0 bridgehead atoms. The number of benzene rings is 8. The number of rotatable bonds is 5. The molecule has 0 atom stereocenters. The van der Waals surface area contributed by atoms with Gasteiger partial charge in [0.25, 0.3) is 0 Å². The first-order valence-electron chi connectivity index (χ1n) is 19.4. The Morgan fingerprint density at radius 1 is 0.379 bits per heavy atom. The molecule has 0 fully saturated rings. The van der Waals surface area contributed by atoms with E-state index in [0.717, 1.165) is 77.2 Å². The van der Waals surface area contributed by atoms with E-state index in [0.29, 0.717) is 17.5 Å². The van der Waals surface area contributed by atoms with Gasteiger partial charge in [-0.15, -0.1) is 0 Å². The summed E-state index contributed by atoms with van der Waals surface area (Å²) in [6, 6.07) is 65.0. The standard InChI is InChI=1S/C52H31N5O/c1-2-14-37-32(12-1)13-11-19-40(37)52-55-50(54-51(56-52)35-28-30-36(31-29-35)57-44-21-8-4-15-38(44)39-16-5-9-22-45(39)57)34-26-24-33(25-27-34)48-47-42-18-6-10-23-46(42)58-49(47)41-17-3-7-20-43(41)53-48/h1-31H.